The Bertz CT molecular complexity index is 547. The summed E-state index contributed by atoms with van der Waals surface area (Å²) in [6.45, 7) is 1.29. The number of pyridine rings is 1. The maximum Gasteiger partial charge on any atom is 0.0746 e. The maximum atomic E-state index is 10.5. The van der Waals surface area contributed by atoms with E-state index in [4.69, 9.17) is 4.74 Å². The molecule has 0 amide bonds. The van der Waals surface area contributed by atoms with Crippen LogP contribution in [-0.2, 0) is 11.2 Å². The molecule has 1 saturated heterocycles. The molecule has 0 unspecified atom stereocenters. The lowest BCUT2D eigenvalue weighted by molar-refractivity contribution is -0.0630. The molecule has 0 radical (unpaired) electrons. The van der Waals surface area contributed by atoms with Crippen LogP contribution in [0.1, 0.15) is 18.5 Å². The molecule has 0 spiro atoms. The van der Waals surface area contributed by atoms with Gasteiger partial charge in [-0.1, -0.05) is 24.3 Å². The highest BCUT2D eigenvalue weighted by molar-refractivity contribution is 5.78. The topological polar surface area (TPSA) is 42.4 Å². The van der Waals surface area contributed by atoms with Crippen LogP contribution in [0.15, 0.2) is 36.4 Å². The van der Waals surface area contributed by atoms with E-state index in [1.807, 2.05) is 24.3 Å². The van der Waals surface area contributed by atoms with E-state index in [0.29, 0.717) is 32.5 Å². The van der Waals surface area contributed by atoms with Gasteiger partial charge in [-0.05, 0) is 25.0 Å². The molecule has 1 aliphatic rings. The van der Waals surface area contributed by atoms with Crippen molar-refractivity contribution in [3.8, 4) is 0 Å². The number of nitrogens with zero attached hydrogens (tertiary/aromatic N) is 1. The summed E-state index contributed by atoms with van der Waals surface area (Å²) in [4.78, 5) is 4.61. The first-order chi connectivity index (χ1) is 8.75. The second kappa shape index (κ2) is 4.67. The van der Waals surface area contributed by atoms with Gasteiger partial charge in [0.15, 0.2) is 0 Å². The van der Waals surface area contributed by atoms with E-state index in [2.05, 4.69) is 17.1 Å². The molecule has 94 valence electrons. The molecule has 1 fully saturated rings. The van der Waals surface area contributed by atoms with Crippen LogP contribution in [0, 0.1) is 0 Å². The smallest absolute Gasteiger partial charge is 0.0746 e. The predicted octanol–water partition coefficient (Wildman–Crippen LogP) is 2.32. The molecule has 0 bridgehead atoms. The Kier molecular flexibility index (Phi) is 3.02. The number of hydrogen-bond acceptors (Lipinski definition) is 3. The molecule has 1 aliphatic heterocycles. The Morgan fingerprint density at radius 2 is 1.89 bits per heavy atom. The van der Waals surface area contributed by atoms with Crippen molar-refractivity contribution in [3.63, 3.8) is 0 Å². The molecule has 2 aromatic rings. The Morgan fingerprint density at radius 1 is 1.11 bits per heavy atom. The van der Waals surface area contributed by atoms with Gasteiger partial charge in [-0.25, -0.2) is 0 Å². The number of rotatable bonds is 2. The van der Waals surface area contributed by atoms with Crippen LogP contribution < -0.4 is 0 Å². The lowest BCUT2D eigenvalue weighted by Gasteiger charge is -2.31. The predicted molar refractivity (Wildman–Crippen MR) is 70.4 cm³/mol. The Balaban J connectivity index is 1.85. The highest BCUT2D eigenvalue weighted by Crippen LogP contribution is 2.25. The summed E-state index contributed by atoms with van der Waals surface area (Å²) < 4.78 is 5.29. The van der Waals surface area contributed by atoms with Crippen molar-refractivity contribution in [2.75, 3.05) is 13.2 Å². The molecule has 1 aromatic heterocycles. The highest BCUT2D eigenvalue weighted by atomic mass is 16.5. The number of aromatic nitrogens is 1. The standard InChI is InChI=1S/C15H17NO2/c17-15(7-9-18-10-8-15)11-13-6-5-12-3-1-2-4-14(12)16-13/h1-6,17H,7-11H2. The van der Waals surface area contributed by atoms with Crippen LogP contribution in [0.3, 0.4) is 0 Å². The molecule has 3 heteroatoms. The number of fused-ring (bicyclic) bond motifs is 1. The molecular formula is C15H17NO2. The lowest BCUT2D eigenvalue weighted by Crippen LogP contribution is -2.38. The summed E-state index contributed by atoms with van der Waals surface area (Å²) >= 11 is 0. The van der Waals surface area contributed by atoms with E-state index in [1.54, 1.807) is 0 Å². The van der Waals surface area contributed by atoms with Gasteiger partial charge in [0, 0.05) is 30.7 Å². The van der Waals surface area contributed by atoms with Crippen molar-refractivity contribution in [1.29, 1.82) is 0 Å². The summed E-state index contributed by atoms with van der Waals surface area (Å²) in [7, 11) is 0. The van der Waals surface area contributed by atoms with Gasteiger partial charge < -0.3 is 9.84 Å². The average Bonchev–Trinajstić information content (AvgIpc) is 2.39. The molecule has 18 heavy (non-hydrogen) atoms. The zero-order chi connectivity index (χ0) is 12.4. The van der Waals surface area contributed by atoms with Crippen molar-refractivity contribution in [3.05, 3.63) is 42.1 Å². The quantitative estimate of drug-likeness (QED) is 0.880. The largest absolute Gasteiger partial charge is 0.389 e. The summed E-state index contributed by atoms with van der Waals surface area (Å²) in [6, 6.07) is 12.1. The first kappa shape index (κ1) is 11.6. The van der Waals surface area contributed by atoms with Gasteiger partial charge >= 0.3 is 0 Å². The second-order valence-electron chi connectivity index (χ2n) is 5.01. The van der Waals surface area contributed by atoms with Crippen LogP contribution >= 0.6 is 0 Å². The zero-order valence-electron chi connectivity index (χ0n) is 10.3. The third-order valence-electron chi connectivity index (χ3n) is 3.59. The maximum absolute atomic E-state index is 10.5. The van der Waals surface area contributed by atoms with Crippen molar-refractivity contribution >= 4 is 10.9 Å². The van der Waals surface area contributed by atoms with E-state index in [9.17, 15) is 5.11 Å². The van der Waals surface area contributed by atoms with Gasteiger partial charge in [-0.2, -0.15) is 0 Å². The number of hydrogen-bond donors (Lipinski definition) is 1. The van der Waals surface area contributed by atoms with E-state index in [1.165, 1.54) is 0 Å². The monoisotopic (exact) mass is 243 g/mol. The van der Waals surface area contributed by atoms with Crippen molar-refractivity contribution in [1.82, 2.24) is 4.98 Å². The Morgan fingerprint density at radius 3 is 2.72 bits per heavy atom. The van der Waals surface area contributed by atoms with Crippen LogP contribution in [0.25, 0.3) is 10.9 Å². The van der Waals surface area contributed by atoms with Gasteiger partial charge in [0.2, 0.25) is 0 Å². The first-order valence-corrected chi connectivity index (χ1v) is 6.40. The van der Waals surface area contributed by atoms with Gasteiger partial charge in [0.1, 0.15) is 0 Å². The summed E-state index contributed by atoms with van der Waals surface area (Å²) in [5.41, 5.74) is 1.30. The molecular weight excluding hydrogens is 226 g/mol. The van der Waals surface area contributed by atoms with E-state index in [0.717, 1.165) is 16.6 Å². The minimum absolute atomic E-state index is 0.612. The zero-order valence-corrected chi connectivity index (χ0v) is 10.3. The number of benzene rings is 1. The SMILES string of the molecule is OC1(Cc2ccc3ccccc3n2)CCOCC1. The summed E-state index contributed by atoms with van der Waals surface area (Å²) in [5.74, 6) is 0. The lowest BCUT2D eigenvalue weighted by atomic mass is 9.89. The van der Waals surface area contributed by atoms with E-state index < -0.39 is 5.60 Å². The van der Waals surface area contributed by atoms with Gasteiger partial charge in [0.05, 0.1) is 11.1 Å². The number of aliphatic hydroxyl groups is 1. The van der Waals surface area contributed by atoms with Gasteiger partial charge in [-0.15, -0.1) is 0 Å². The third kappa shape index (κ3) is 2.37. The molecule has 0 saturated carbocycles. The molecule has 1 aromatic carbocycles. The fourth-order valence-electron chi connectivity index (χ4n) is 2.47. The number of ether oxygens (including phenoxy) is 1. The molecule has 1 N–H and O–H groups in total. The Hall–Kier alpha value is -1.45. The van der Waals surface area contributed by atoms with Gasteiger partial charge in [-0.3, -0.25) is 4.98 Å². The van der Waals surface area contributed by atoms with Crippen molar-refractivity contribution < 1.29 is 9.84 Å². The molecule has 3 rings (SSSR count). The minimum Gasteiger partial charge on any atom is -0.389 e. The first-order valence-electron chi connectivity index (χ1n) is 6.40. The van der Waals surface area contributed by atoms with Crippen LogP contribution in [-0.4, -0.2) is 28.9 Å². The fourth-order valence-corrected chi connectivity index (χ4v) is 2.47. The van der Waals surface area contributed by atoms with Crippen LogP contribution in [0.2, 0.25) is 0 Å². The average molecular weight is 243 g/mol. The summed E-state index contributed by atoms with van der Waals surface area (Å²) in [5, 5.41) is 11.6. The normalized spacial score (nSPS) is 18.9. The molecule has 0 aliphatic carbocycles. The van der Waals surface area contributed by atoms with Crippen molar-refractivity contribution in [2.24, 2.45) is 0 Å². The third-order valence-corrected chi connectivity index (χ3v) is 3.59. The highest BCUT2D eigenvalue weighted by Gasteiger charge is 2.30. The van der Waals surface area contributed by atoms with Gasteiger partial charge in [0.25, 0.3) is 0 Å². The molecule has 0 atom stereocenters. The molecule has 2 heterocycles. The summed E-state index contributed by atoms with van der Waals surface area (Å²) in [6.07, 6.45) is 2.00. The Labute approximate surface area is 106 Å². The van der Waals surface area contributed by atoms with E-state index in [-0.39, 0.29) is 0 Å². The molecule has 3 nitrogen and oxygen atoms in total. The van der Waals surface area contributed by atoms with E-state index >= 15 is 0 Å². The minimum atomic E-state index is -0.645. The fraction of sp³-hybridized carbons (Fsp3) is 0.400. The second-order valence-corrected chi connectivity index (χ2v) is 5.01. The van der Waals surface area contributed by atoms with Crippen LogP contribution in [0.5, 0.6) is 0 Å². The van der Waals surface area contributed by atoms with Crippen molar-refractivity contribution in [2.45, 2.75) is 24.9 Å². The number of para-hydroxylation sites is 1. The van der Waals surface area contributed by atoms with Crippen LogP contribution in [0.4, 0.5) is 0 Å².